The van der Waals surface area contributed by atoms with Gasteiger partial charge in [-0.05, 0) is 23.1 Å². The SMILES string of the molecule is O[C@H]1Cc2ccc3ccccc3c2N(Cc2nc(-c3cccc(C(F)(F)F)c3)no2)C1. The van der Waals surface area contributed by atoms with Crippen LogP contribution in [0.4, 0.5) is 18.9 Å². The van der Waals surface area contributed by atoms with Crippen LogP contribution >= 0.6 is 0 Å². The molecule has 0 aliphatic carbocycles. The van der Waals surface area contributed by atoms with Gasteiger partial charge in [-0.25, -0.2) is 0 Å². The second kappa shape index (κ2) is 7.39. The molecule has 5 nitrogen and oxygen atoms in total. The van der Waals surface area contributed by atoms with Crippen molar-refractivity contribution < 1.29 is 22.8 Å². The topological polar surface area (TPSA) is 62.4 Å². The zero-order valence-corrected chi connectivity index (χ0v) is 16.3. The number of rotatable bonds is 3. The smallest absolute Gasteiger partial charge is 0.391 e. The van der Waals surface area contributed by atoms with Crippen molar-refractivity contribution in [1.29, 1.82) is 0 Å². The van der Waals surface area contributed by atoms with Crippen LogP contribution in [0, 0.1) is 0 Å². The average Bonchev–Trinajstić information content (AvgIpc) is 3.21. The Balaban J connectivity index is 1.47. The number of benzene rings is 3. The summed E-state index contributed by atoms with van der Waals surface area (Å²) in [4.78, 5) is 6.29. The van der Waals surface area contributed by atoms with Crippen molar-refractivity contribution >= 4 is 16.5 Å². The molecule has 0 fully saturated rings. The van der Waals surface area contributed by atoms with Gasteiger partial charge >= 0.3 is 6.18 Å². The second-order valence-corrected chi connectivity index (χ2v) is 7.62. The molecule has 1 aliphatic heterocycles. The zero-order valence-electron chi connectivity index (χ0n) is 16.3. The van der Waals surface area contributed by atoms with E-state index in [0.29, 0.717) is 13.0 Å². The van der Waals surface area contributed by atoms with Gasteiger partial charge in [-0.15, -0.1) is 0 Å². The van der Waals surface area contributed by atoms with Crippen LogP contribution in [-0.2, 0) is 19.1 Å². The summed E-state index contributed by atoms with van der Waals surface area (Å²) in [6.45, 7) is 0.631. The van der Waals surface area contributed by atoms with Crippen molar-refractivity contribution in [2.24, 2.45) is 0 Å². The minimum absolute atomic E-state index is 0.0943. The van der Waals surface area contributed by atoms with Gasteiger partial charge in [0.05, 0.1) is 18.2 Å². The summed E-state index contributed by atoms with van der Waals surface area (Å²) in [6, 6.07) is 16.9. The molecule has 31 heavy (non-hydrogen) atoms. The first kappa shape index (κ1) is 19.6. The van der Waals surface area contributed by atoms with Crippen LogP contribution in [0.1, 0.15) is 17.0 Å². The lowest BCUT2D eigenvalue weighted by Gasteiger charge is -2.34. The van der Waals surface area contributed by atoms with Crippen molar-refractivity contribution in [3.8, 4) is 11.4 Å². The molecule has 1 N–H and O–H groups in total. The fourth-order valence-corrected chi connectivity index (χ4v) is 4.08. The van der Waals surface area contributed by atoms with Gasteiger partial charge in [0.15, 0.2) is 0 Å². The highest BCUT2D eigenvalue weighted by molar-refractivity contribution is 5.96. The van der Waals surface area contributed by atoms with E-state index in [1.54, 1.807) is 0 Å². The predicted molar refractivity (Wildman–Crippen MR) is 109 cm³/mol. The molecule has 8 heteroatoms. The van der Waals surface area contributed by atoms with Gasteiger partial charge in [0.1, 0.15) is 0 Å². The van der Waals surface area contributed by atoms with E-state index in [0.717, 1.165) is 34.2 Å². The lowest BCUT2D eigenvalue weighted by molar-refractivity contribution is -0.137. The molecule has 1 aromatic heterocycles. The Kier molecular flexibility index (Phi) is 4.66. The van der Waals surface area contributed by atoms with E-state index in [2.05, 4.69) is 10.1 Å². The van der Waals surface area contributed by atoms with Crippen LogP contribution in [-0.4, -0.2) is 27.9 Å². The first-order valence-electron chi connectivity index (χ1n) is 9.82. The third kappa shape index (κ3) is 3.74. The second-order valence-electron chi connectivity index (χ2n) is 7.62. The fourth-order valence-electron chi connectivity index (χ4n) is 4.08. The lowest BCUT2D eigenvalue weighted by atomic mass is 9.95. The van der Waals surface area contributed by atoms with Crippen molar-refractivity contribution in [2.45, 2.75) is 25.2 Å². The first-order chi connectivity index (χ1) is 14.9. The monoisotopic (exact) mass is 425 g/mol. The zero-order chi connectivity index (χ0) is 21.6. The van der Waals surface area contributed by atoms with Gasteiger partial charge in [0.2, 0.25) is 11.7 Å². The van der Waals surface area contributed by atoms with Crippen molar-refractivity contribution in [3.63, 3.8) is 0 Å². The van der Waals surface area contributed by atoms with E-state index < -0.39 is 17.8 Å². The fraction of sp³-hybridized carbons (Fsp3) is 0.217. The molecule has 4 aromatic rings. The summed E-state index contributed by atoms with van der Waals surface area (Å²) in [7, 11) is 0. The highest BCUT2D eigenvalue weighted by Gasteiger charge is 2.31. The van der Waals surface area contributed by atoms with E-state index in [1.165, 1.54) is 12.1 Å². The molecule has 0 bridgehead atoms. The van der Waals surface area contributed by atoms with Crippen LogP contribution in [0.5, 0.6) is 0 Å². The number of hydrogen-bond donors (Lipinski definition) is 1. The highest BCUT2D eigenvalue weighted by atomic mass is 19.4. The third-order valence-corrected chi connectivity index (χ3v) is 5.43. The Bertz CT molecular complexity index is 1250. The summed E-state index contributed by atoms with van der Waals surface area (Å²) in [6.07, 6.45) is -4.44. The molecule has 2 heterocycles. The van der Waals surface area contributed by atoms with Crippen LogP contribution in [0.2, 0.25) is 0 Å². The highest BCUT2D eigenvalue weighted by Crippen LogP contribution is 2.36. The average molecular weight is 425 g/mol. The molecule has 0 radical (unpaired) electrons. The number of anilines is 1. The number of halogens is 3. The molecule has 1 atom stereocenters. The number of hydrogen-bond acceptors (Lipinski definition) is 5. The molecule has 0 unspecified atom stereocenters. The minimum atomic E-state index is -4.45. The Morgan fingerprint density at radius 3 is 2.74 bits per heavy atom. The summed E-state index contributed by atoms with van der Waals surface area (Å²) in [5, 5.41) is 16.4. The molecule has 1 aliphatic rings. The molecule has 3 aromatic carbocycles. The summed E-state index contributed by atoms with van der Waals surface area (Å²) < 4.78 is 44.4. The largest absolute Gasteiger partial charge is 0.416 e. The molecular formula is C23H18F3N3O2. The van der Waals surface area contributed by atoms with E-state index in [4.69, 9.17) is 4.52 Å². The van der Waals surface area contributed by atoms with Crippen molar-refractivity contribution in [1.82, 2.24) is 10.1 Å². The van der Waals surface area contributed by atoms with Crippen molar-refractivity contribution in [2.75, 3.05) is 11.4 Å². The maximum atomic E-state index is 13.0. The van der Waals surface area contributed by atoms with Gasteiger partial charge in [0.25, 0.3) is 0 Å². The molecule has 5 rings (SSSR count). The van der Waals surface area contributed by atoms with Gasteiger partial charge in [-0.1, -0.05) is 53.7 Å². The number of aliphatic hydroxyl groups is 1. The standard InChI is InChI=1S/C23H18F3N3O2/c24-23(25,26)17-6-3-5-16(10-17)22-27-20(31-28-22)13-29-12-18(30)11-15-9-8-14-4-1-2-7-19(14)21(15)29/h1-10,18,30H,11-13H2/t18-/m0/s1. The Morgan fingerprint density at radius 1 is 1.06 bits per heavy atom. The molecule has 0 saturated heterocycles. The Hall–Kier alpha value is -3.39. The number of nitrogens with zero attached hydrogens (tertiary/aromatic N) is 3. The van der Waals surface area contributed by atoms with E-state index >= 15 is 0 Å². The molecular weight excluding hydrogens is 407 g/mol. The van der Waals surface area contributed by atoms with Crippen LogP contribution in [0.25, 0.3) is 22.2 Å². The normalized spacial score (nSPS) is 16.5. The van der Waals surface area contributed by atoms with E-state index in [1.807, 2.05) is 41.3 Å². The Morgan fingerprint density at radius 2 is 1.90 bits per heavy atom. The number of aromatic nitrogens is 2. The van der Waals surface area contributed by atoms with Gasteiger partial charge in [0, 0.05) is 29.6 Å². The third-order valence-electron chi connectivity index (χ3n) is 5.43. The van der Waals surface area contributed by atoms with Gasteiger partial charge in [-0.3, -0.25) is 0 Å². The Labute approximate surface area is 175 Å². The first-order valence-corrected chi connectivity index (χ1v) is 9.82. The summed E-state index contributed by atoms with van der Waals surface area (Å²) in [5.74, 6) is 0.359. The van der Waals surface area contributed by atoms with Gasteiger partial charge in [-0.2, -0.15) is 18.2 Å². The number of fused-ring (bicyclic) bond motifs is 3. The summed E-state index contributed by atoms with van der Waals surface area (Å²) in [5.41, 5.74) is 1.49. The predicted octanol–water partition coefficient (Wildman–Crippen LogP) is 4.83. The van der Waals surface area contributed by atoms with Crippen molar-refractivity contribution in [3.05, 3.63) is 77.7 Å². The molecule has 0 saturated carbocycles. The lowest BCUT2D eigenvalue weighted by Crippen LogP contribution is -2.38. The number of alkyl halides is 3. The molecule has 158 valence electrons. The van der Waals surface area contributed by atoms with Crippen LogP contribution in [0.15, 0.2) is 65.2 Å². The van der Waals surface area contributed by atoms with Crippen LogP contribution in [0.3, 0.4) is 0 Å². The summed E-state index contributed by atoms with van der Waals surface area (Å²) >= 11 is 0. The van der Waals surface area contributed by atoms with Crippen LogP contribution < -0.4 is 4.90 Å². The minimum Gasteiger partial charge on any atom is -0.391 e. The quantitative estimate of drug-likeness (QED) is 0.509. The number of aliphatic hydroxyl groups excluding tert-OH is 1. The van der Waals surface area contributed by atoms with Gasteiger partial charge < -0.3 is 14.5 Å². The number of β-amino-alcohol motifs (C(OH)–C–C–N with tert-alkyl or cyclic N) is 1. The molecule has 0 spiro atoms. The molecule has 0 amide bonds. The van der Waals surface area contributed by atoms with E-state index in [9.17, 15) is 18.3 Å². The van der Waals surface area contributed by atoms with E-state index in [-0.39, 0.29) is 23.8 Å². The maximum Gasteiger partial charge on any atom is 0.416 e. The maximum absolute atomic E-state index is 13.0.